The number of aromatic nitrogens is 5. The van der Waals surface area contributed by atoms with Crippen LogP contribution in [0.5, 0.6) is 5.19 Å². The van der Waals surface area contributed by atoms with E-state index >= 15 is 0 Å². The van der Waals surface area contributed by atoms with E-state index in [4.69, 9.17) is 9.84 Å². The van der Waals surface area contributed by atoms with Gasteiger partial charge in [-0.3, -0.25) is 0 Å². The van der Waals surface area contributed by atoms with E-state index in [1.165, 1.54) is 12.8 Å². The zero-order chi connectivity index (χ0) is 15.9. The first-order valence-corrected chi connectivity index (χ1v) is 9.28. The number of fused-ring (bicyclic) bond motifs is 1. The molecule has 7 nitrogen and oxygen atoms in total. The molecule has 3 aromatic rings. The van der Waals surface area contributed by atoms with E-state index in [2.05, 4.69) is 20.1 Å². The zero-order valence-corrected chi connectivity index (χ0v) is 14.0. The Hall–Kier alpha value is -2.22. The van der Waals surface area contributed by atoms with Crippen LogP contribution in [0.4, 0.5) is 5.82 Å². The van der Waals surface area contributed by atoms with Crippen LogP contribution in [-0.4, -0.2) is 44.0 Å². The molecule has 3 aromatic heterocycles. The summed E-state index contributed by atoms with van der Waals surface area (Å²) in [5.74, 6) is 2.55. The van der Waals surface area contributed by atoms with Crippen molar-refractivity contribution in [2.45, 2.75) is 37.7 Å². The smallest absolute Gasteiger partial charge is 0.273 e. The van der Waals surface area contributed by atoms with Gasteiger partial charge in [-0.15, -0.1) is 15.3 Å². The minimum atomic E-state index is 0.244. The Balaban J connectivity index is 1.30. The highest BCUT2D eigenvalue weighted by atomic mass is 32.1. The van der Waals surface area contributed by atoms with Gasteiger partial charge in [0.25, 0.3) is 5.19 Å². The fourth-order valence-electron chi connectivity index (χ4n) is 3.17. The van der Waals surface area contributed by atoms with Crippen molar-refractivity contribution in [1.82, 2.24) is 24.8 Å². The van der Waals surface area contributed by atoms with Gasteiger partial charge < -0.3 is 9.64 Å². The van der Waals surface area contributed by atoms with E-state index < -0.39 is 0 Å². The monoisotopic (exact) mass is 342 g/mol. The molecule has 1 saturated carbocycles. The number of thiazole rings is 1. The summed E-state index contributed by atoms with van der Waals surface area (Å²) in [5.41, 5.74) is 0.836. The van der Waals surface area contributed by atoms with E-state index in [1.54, 1.807) is 17.5 Å². The molecule has 0 spiro atoms. The second kappa shape index (κ2) is 5.70. The summed E-state index contributed by atoms with van der Waals surface area (Å²) in [6.07, 6.45) is 6.39. The second-order valence-electron chi connectivity index (χ2n) is 6.40. The van der Waals surface area contributed by atoms with Crippen molar-refractivity contribution >= 4 is 22.8 Å². The van der Waals surface area contributed by atoms with Gasteiger partial charge in [-0.05, 0) is 25.0 Å². The van der Waals surface area contributed by atoms with Crippen LogP contribution < -0.4 is 9.64 Å². The van der Waals surface area contributed by atoms with E-state index in [0.717, 1.165) is 48.4 Å². The number of hydrogen-bond acceptors (Lipinski definition) is 7. The predicted molar refractivity (Wildman–Crippen MR) is 90.7 cm³/mol. The fraction of sp³-hybridized carbons (Fsp3) is 0.500. The van der Waals surface area contributed by atoms with Gasteiger partial charge >= 0.3 is 0 Å². The minimum Gasteiger partial charge on any atom is -0.467 e. The van der Waals surface area contributed by atoms with Gasteiger partial charge in [0.05, 0.1) is 0 Å². The maximum atomic E-state index is 5.93. The summed E-state index contributed by atoms with van der Waals surface area (Å²) in [7, 11) is 0. The Bertz CT molecular complexity index is 836. The highest BCUT2D eigenvalue weighted by Gasteiger charge is 2.30. The zero-order valence-electron chi connectivity index (χ0n) is 13.2. The first-order valence-electron chi connectivity index (χ1n) is 8.40. The molecule has 8 heteroatoms. The lowest BCUT2D eigenvalue weighted by atomic mass is 10.1. The molecule has 24 heavy (non-hydrogen) atoms. The SMILES string of the molecule is c1csc(OC2CCN(c3ccc4nnc(C5CC5)n4n3)CC2)n1. The molecule has 2 aliphatic rings. The minimum absolute atomic E-state index is 0.244. The van der Waals surface area contributed by atoms with Crippen molar-refractivity contribution in [3.05, 3.63) is 29.5 Å². The van der Waals surface area contributed by atoms with E-state index in [0.29, 0.717) is 5.92 Å². The highest BCUT2D eigenvalue weighted by molar-refractivity contribution is 7.11. The van der Waals surface area contributed by atoms with Gasteiger partial charge in [-0.2, -0.15) is 4.52 Å². The molecule has 1 aliphatic carbocycles. The molecule has 0 amide bonds. The summed E-state index contributed by atoms with van der Waals surface area (Å²) in [6.45, 7) is 1.88. The Morgan fingerprint density at radius 3 is 2.71 bits per heavy atom. The molecule has 0 aromatic carbocycles. The molecule has 0 N–H and O–H groups in total. The van der Waals surface area contributed by atoms with Crippen LogP contribution in [0, 0.1) is 0 Å². The molecular formula is C16H18N6OS. The molecular weight excluding hydrogens is 324 g/mol. The van der Waals surface area contributed by atoms with Crippen molar-refractivity contribution in [3.8, 4) is 5.19 Å². The summed E-state index contributed by atoms with van der Waals surface area (Å²) >= 11 is 1.55. The molecule has 5 rings (SSSR count). The Morgan fingerprint density at radius 2 is 1.96 bits per heavy atom. The predicted octanol–water partition coefficient (Wildman–Crippen LogP) is 2.51. The molecule has 2 fully saturated rings. The average molecular weight is 342 g/mol. The van der Waals surface area contributed by atoms with Gasteiger partial charge in [0, 0.05) is 43.4 Å². The topological polar surface area (TPSA) is 68.4 Å². The molecule has 0 bridgehead atoms. The molecule has 4 heterocycles. The van der Waals surface area contributed by atoms with Crippen LogP contribution in [0.25, 0.3) is 5.65 Å². The Labute approximate surface area is 143 Å². The molecule has 0 unspecified atom stereocenters. The number of nitrogens with zero attached hydrogens (tertiary/aromatic N) is 6. The van der Waals surface area contributed by atoms with Gasteiger partial charge in [0.2, 0.25) is 0 Å². The second-order valence-corrected chi connectivity index (χ2v) is 7.25. The molecule has 0 radical (unpaired) electrons. The lowest BCUT2D eigenvalue weighted by Crippen LogP contribution is -2.38. The number of rotatable bonds is 4. The van der Waals surface area contributed by atoms with Crippen molar-refractivity contribution in [3.63, 3.8) is 0 Å². The van der Waals surface area contributed by atoms with Gasteiger partial charge in [0.1, 0.15) is 11.9 Å². The number of piperidine rings is 1. The molecule has 1 aliphatic heterocycles. The standard InChI is InChI=1S/C16H18N6OS/c1-2-11(1)15-19-18-13-3-4-14(20-22(13)15)21-8-5-12(6-9-21)23-16-17-7-10-24-16/h3-4,7,10-12H,1-2,5-6,8-9H2. The van der Waals surface area contributed by atoms with Gasteiger partial charge in [-0.25, -0.2) is 4.98 Å². The van der Waals surface area contributed by atoms with E-state index in [1.807, 2.05) is 22.0 Å². The van der Waals surface area contributed by atoms with Crippen molar-refractivity contribution in [2.75, 3.05) is 18.0 Å². The van der Waals surface area contributed by atoms with Crippen molar-refractivity contribution in [1.29, 1.82) is 0 Å². The summed E-state index contributed by atoms with van der Waals surface area (Å²) in [5, 5.41) is 16.0. The van der Waals surface area contributed by atoms with Crippen LogP contribution in [0.3, 0.4) is 0 Å². The van der Waals surface area contributed by atoms with Crippen LogP contribution in [-0.2, 0) is 0 Å². The van der Waals surface area contributed by atoms with Crippen LogP contribution in [0.1, 0.15) is 37.4 Å². The first kappa shape index (κ1) is 14.2. The highest BCUT2D eigenvalue weighted by Crippen LogP contribution is 2.38. The number of anilines is 1. The van der Waals surface area contributed by atoms with Gasteiger partial charge in [-0.1, -0.05) is 11.3 Å². The van der Waals surface area contributed by atoms with Crippen LogP contribution in [0.2, 0.25) is 0 Å². The summed E-state index contributed by atoms with van der Waals surface area (Å²) < 4.78 is 7.85. The first-order chi connectivity index (χ1) is 11.9. The number of hydrogen-bond donors (Lipinski definition) is 0. The van der Waals surface area contributed by atoms with Gasteiger partial charge in [0.15, 0.2) is 11.5 Å². The Kier molecular flexibility index (Phi) is 3.36. The maximum Gasteiger partial charge on any atom is 0.273 e. The summed E-state index contributed by atoms with van der Waals surface area (Å²) in [4.78, 5) is 6.52. The maximum absolute atomic E-state index is 5.93. The lowest BCUT2D eigenvalue weighted by molar-refractivity contribution is 0.170. The third kappa shape index (κ3) is 2.60. The Morgan fingerprint density at radius 1 is 1.08 bits per heavy atom. The quantitative estimate of drug-likeness (QED) is 0.726. The largest absolute Gasteiger partial charge is 0.467 e. The summed E-state index contributed by atoms with van der Waals surface area (Å²) in [6, 6.07) is 4.06. The van der Waals surface area contributed by atoms with E-state index in [-0.39, 0.29) is 6.10 Å². The van der Waals surface area contributed by atoms with Crippen LogP contribution >= 0.6 is 11.3 Å². The van der Waals surface area contributed by atoms with E-state index in [9.17, 15) is 0 Å². The molecule has 0 atom stereocenters. The fourth-order valence-corrected chi connectivity index (χ4v) is 3.73. The average Bonchev–Trinajstić information content (AvgIpc) is 3.17. The van der Waals surface area contributed by atoms with Crippen molar-refractivity contribution in [2.24, 2.45) is 0 Å². The third-order valence-electron chi connectivity index (χ3n) is 4.66. The van der Waals surface area contributed by atoms with Crippen molar-refractivity contribution < 1.29 is 4.74 Å². The molecule has 124 valence electrons. The normalized spacial score (nSPS) is 19.1. The number of ether oxygens (including phenoxy) is 1. The van der Waals surface area contributed by atoms with Crippen LogP contribution in [0.15, 0.2) is 23.7 Å². The lowest BCUT2D eigenvalue weighted by Gasteiger charge is -2.32. The molecule has 1 saturated heterocycles. The third-order valence-corrected chi connectivity index (χ3v) is 5.32.